The molecule has 2 aromatic heterocycles. The largest absolute Gasteiger partial charge is 0.378 e. The van der Waals surface area contributed by atoms with E-state index in [0.29, 0.717) is 5.95 Å². The summed E-state index contributed by atoms with van der Waals surface area (Å²) >= 11 is 1.63. The van der Waals surface area contributed by atoms with Crippen LogP contribution in [0, 0.1) is 13.8 Å². The summed E-state index contributed by atoms with van der Waals surface area (Å²) in [6.07, 6.45) is 1.80. The topological polar surface area (TPSA) is 75.5 Å². The molecule has 4 rings (SSSR count). The van der Waals surface area contributed by atoms with Gasteiger partial charge in [0.1, 0.15) is 0 Å². The summed E-state index contributed by atoms with van der Waals surface area (Å²) in [5, 5.41) is 5.36. The van der Waals surface area contributed by atoms with Gasteiger partial charge in [0.2, 0.25) is 5.95 Å². The quantitative estimate of drug-likeness (QED) is 0.527. The summed E-state index contributed by atoms with van der Waals surface area (Å²) in [5.41, 5.74) is 6.75. The molecule has 3 heterocycles. The molecule has 0 saturated carbocycles. The van der Waals surface area contributed by atoms with Crippen molar-refractivity contribution >= 4 is 28.6 Å². The van der Waals surface area contributed by atoms with Gasteiger partial charge in [0.05, 0.1) is 30.0 Å². The second kappa shape index (κ2) is 8.45. The van der Waals surface area contributed by atoms with Crippen LogP contribution in [0.15, 0.2) is 41.5 Å². The van der Waals surface area contributed by atoms with Crippen LogP contribution in [0.3, 0.4) is 0 Å². The van der Waals surface area contributed by atoms with E-state index in [4.69, 9.17) is 9.72 Å². The Morgan fingerprint density at radius 3 is 2.50 bits per heavy atom. The lowest BCUT2D eigenvalue weighted by atomic mass is 10.1. The van der Waals surface area contributed by atoms with E-state index >= 15 is 0 Å². The second-order valence-corrected chi connectivity index (χ2v) is 7.53. The maximum Gasteiger partial charge on any atom is 0.243 e. The molecule has 144 valence electrons. The van der Waals surface area contributed by atoms with Crippen molar-refractivity contribution in [2.24, 2.45) is 5.10 Å². The van der Waals surface area contributed by atoms with Crippen molar-refractivity contribution in [3.63, 3.8) is 0 Å². The monoisotopic (exact) mass is 394 g/mol. The zero-order valence-corrected chi connectivity index (χ0v) is 16.7. The van der Waals surface area contributed by atoms with Crippen molar-refractivity contribution in [3.05, 3.63) is 52.7 Å². The zero-order valence-electron chi connectivity index (χ0n) is 15.9. The van der Waals surface area contributed by atoms with Crippen molar-refractivity contribution < 1.29 is 4.74 Å². The normalized spacial score (nSPS) is 14.6. The van der Waals surface area contributed by atoms with Crippen molar-refractivity contribution in [3.8, 4) is 11.3 Å². The number of aryl methyl sites for hydroxylation is 2. The number of nitrogens with zero attached hydrogens (tertiary/aromatic N) is 5. The fraction of sp³-hybridized carbons (Fsp3) is 0.300. The van der Waals surface area contributed by atoms with Crippen LogP contribution in [-0.2, 0) is 4.74 Å². The Kier molecular flexibility index (Phi) is 5.59. The maximum atomic E-state index is 5.46. The average Bonchev–Trinajstić information content (AvgIpc) is 3.13. The Morgan fingerprint density at radius 2 is 1.79 bits per heavy atom. The molecule has 0 unspecified atom stereocenters. The van der Waals surface area contributed by atoms with Gasteiger partial charge in [-0.25, -0.2) is 20.4 Å². The van der Waals surface area contributed by atoms with Gasteiger partial charge in [0.25, 0.3) is 0 Å². The summed E-state index contributed by atoms with van der Waals surface area (Å²) in [4.78, 5) is 16.9. The molecule has 1 aliphatic rings. The van der Waals surface area contributed by atoms with Crippen LogP contribution in [-0.4, -0.2) is 47.5 Å². The number of ether oxygens (including phenoxy) is 1. The third kappa shape index (κ3) is 4.35. The summed E-state index contributed by atoms with van der Waals surface area (Å²) in [7, 11) is 0. The Labute approximate surface area is 168 Å². The van der Waals surface area contributed by atoms with E-state index in [1.807, 2.05) is 38.1 Å². The van der Waals surface area contributed by atoms with Gasteiger partial charge < -0.3 is 9.64 Å². The molecule has 1 aromatic carbocycles. The fourth-order valence-electron chi connectivity index (χ4n) is 3.03. The van der Waals surface area contributed by atoms with Crippen LogP contribution >= 0.6 is 11.3 Å². The van der Waals surface area contributed by atoms with Crippen LogP contribution in [0.25, 0.3) is 11.3 Å². The molecule has 28 heavy (non-hydrogen) atoms. The number of hydrogen-bond acceptors (Lipinski definition) is 8. The molecule has 3 aromatic rings. The zero-order chi connectivity index (χ0) is 19.3. The lowest BCUT2D eigenvalue weighted by molar-refractivity contribution is 0.122. The van der Waals surface area contributed by atoms with Gasteiger partial charge in [-0.05, 0) is 19.9 Å². The maximum absolute atomic E-state index is 5.46. The van der Waals surface area contributed by atoms with Crippen molar-refractivity contribution in [2.75, 3.05) is 36.6 Å². The lowest BCUT2D eigenvalue weighted by Gasteiger charge is -2.26. The number of morpholine rings is 1. The highest BCUT2D eigenvalue weighted by atomic mass is 32.1. The van der Waals surface area contributed by atoms with Crippen LogP contribution in [0.1, 0.15) is 16.3 Å². The lowest BCUT2D eigenvalue weighted by Crippen LogP contribution is -2.36. The van der Waals surface area contributed by atoms with Crippen LogP contribution in [0.5, 0.6) is 0 Å². The first-order valence-electron chi connectivity index (χ1n) is 9.19. The molecule has 0 atom stereocenters. The summed E-state index contributed by atoms with van der Waals surface area (Å²) < 4.78 is 5.46. The Morgan fingerprint density at radius 1 is 1.07 bits per heavy atom. The molecule has 0 amide bonds. The van der Waals surface area contributed by atoms with E-state index in [2.05, 4.69) is 37.5 Å². The fourth-order valence-corrected chi connectivity index (χ4v) is 4.04. The standard InChI is InChI=1S/C20H22N6OS/c1-14-12-15(2)23-19(22-14)25-21-13-17-18(16-6-4-3-5-7-16)24-20(28-17)26-8-10-27-11-9-26/h3-7,12-13H,8-11H2,1-2H3,(H,22,23,25)/b21-13+. The minimum Gasteiger partial charge on any atom is -0.378 e. The van der Waals surface area contributed by atoms with E-state index in [1.54, 1.807) is 17.6 Å². The number of rotatable bonds is 5. The van der Waals surface area contributed by atoms with E-state index in [0.717, 1.165) is 59.0 Å². The Hall–Kier alpha value is -2.84. The molecule has 0 spiro atoms. The summed E-state index contributed by atoms with van der Waals surface area (Å²) in [5.74, 6) is 0.493. The predicted molar refractivity (Wildman–Crippen MR) is 113 cm³/mol. The highest BCUT2D eigenvalue weighted by Crippen LogP contribution is 2.32. The molecule has 1 aliphatic heterocycles. The van der Waals surface area contributed by atoms with Gasteiger partial charge >= 0.3 is 0 Å². The number of benzene rings is 1. The van der Waals surface area contributed by atoms with Gasteiger partial charge in [-0.1, -0.05) is 41.7 Å². The third-order valence-corrected chi connectivity index (χ3v) is 5.35. The Bertz CT molecular complexity index is 946. The SMILES string of the molecule is Cc1cc(C)nc(N/N=C/c2sc(N3CCOCC3)nc2-c2ccccc2)n1. The molecule has 0 radical (unpaired) electrons. The smallest absolute Gasteiger partial charge is 0.243 e. The minimum absolute atomic E-state index is 0.493. The number of nitrogens with one attached hydrogen (secondary N) is 1. The molecule has 1 N–H and O–H groups in total. The molecule has 1 fully saturated rings. The number of hydrogen-bond donors (Lipinski definition) is 1. The highest BCUT2D eigenvalue weighted by molar-refractivity contribution is 7.17. The van der Waals surface area contributed by atoms with Gasteiger partial charge in [-0.3, -0.25) is 0 Å². The van der Waals surface area contributed by atoms with E-state index in [9.17, 15) is 0 Å². The molecular formula is C20H22N6OS. The molecule has 8 heteroatoms. The molecular weight excluding hydrogens is 372 g/mol. The average molecular weight is 395 g/mol. The second-order valence-electron chi connectivity index (χ2n) is 6.52. The summed E-state index contributed by atoms with van der Waals surface area (Å²) in [6.45, 7) is 7.05. The molecule has 7 nitrogen and oxygen atoms in total. The van der Waals surface area contributed by atoms with Gasteiger partial charge in [0.15, 0.2) is 5.13 Å². The number of anilines is 2. The van der Waals surface area contributed by atoms with E-state index < -0.39 is 0 Å². The van der Waals surface area contributed by atoms with Gasteiger partial charge in [-0.2, -0.15) is 5.10 Å². The van der Waals surface area contributed by atoms with Crippen molar-refractivity contribution in [1.82, 2.24) is 15.0 Å². The number of hydrazone groups is 1. The van der Waals surface area contributed by atoms with Crippen LogP contribution < -0.4 is 10.3 Å². The van der Waals surface area contributed by atoms with Gasteiger partial charge in [-0.15, -0.1) is 0 Å². The third-order valence-electron chi connectivity index (χ3n) is 4.30. The number of aromatic nitrogens is 3. The van der Waals surface area contributed by atoms with Crippen molar-refractivity contribution in [2.45, 2.75) is 13.8 Å². The van der Waals surface area contributed by atoms with E-state index in [-0.39, 0.29) is 0 Å². The summed E-state index contributed by atoms with van der Waals surface area (Å²) in [6, 6.07) is 12.1. The van der Waals surface area contributed by atoms with Crippen molar-refractivity contribution in [1.29, 1.82) is 0 Å². The first-order valence-corrected chi connectivity index (χ1v) is 10.0. The highest BCUT2D eigenvalue weighted by Gasteiger charge is 2.18. The Balaban J connectivity index is 1.61. The van der Waals surface area contributed by atoms with Crippen LogP contribution in [0.2, 0.25) is 0 Å². The van der Waals surface area contributed by atoms with Crippen LogP contribution in [0.4, 0.5) is 11.1 Å². The first-order chi connectivity index (χ1) is 13.7. The minimum atomic E-state index is 0.493. The first kappa shape index (κ1) is 18.5. The van der Waals surface area contributed by atoms with E-state index in [1.165, 1.54) is 0 Å². The van der Waals surface area contributed by atoms with Gasteiger partial charge in [0, 0.05) is 30.0 Å². The number of thiazole rings is 1. The predicted octanol–water partition coefficient (Wildman–Crippen LogP) is 3.50. The molecule has 0 bridgehead atoms. The molecule has 0 aliphatic carbocycles. The molecule has 1 saturated heterocycles.